The van der Waals surface area contributed by atoms with Crippen LogP contribution in [0.3, 0.4) is 0 Å². The maximum Gasteiger partial charge on any atom is 0.237 e. The number of carbonyl (C=O) groups is 1. The lowest BCUT2D eigenvalue weighted by Crippen LogP contribution is -2.46. The van der Waals surface area contributed by atoms with Gasteiger partial charge in [0.1, 0.15) is 0 Å². The van der Waals surface area contributed by atoms with Crippen molar-refractivity contribution in [1.82, 2.24) is 5.32 Å². The Kier molecular flexibility index (Phi) is 5.01. The van der Waals surface area contributed by atoms with Crippen molar-refractivity contribution in [2.24, 2.45) is 17.1 Å². The van der Waals surface area contributed by atoms with Gasteiger partial charge in [0.2, 0.25) is 5.91 Å². The molecule has 0 heterocycles. The zero-order valence-corrected chi connectivity index (χ0v) is 12.9. The Bertz CT molecular complexity index is 471. The van der Waals surface area contributed by atoms with Gasteiger partial charge in [0.15, 0.2) is 0 Å². The van der Waals surface area contributed by atoms with E-state index in [0.717, 1.165) is 24.8 Å². The summed E-state index contributed by atoms with van der Waals surface area (Å²) in [6.45, 7) is 4.50. The number of aliphatic hydroxyl groups excluding tert-OH is 1. The Morgan fingerprint density at radius 3 is 2.52 bits per heavy atom. The fraction of sp³-hybridized carbons (Fsp3) is 0.588. The lowest BCUT2D eigenvalue weighted by molar-refractivity contribution is -0.123. The first-order valence-electron chi connectivity index (χ1n) is 7.76. The summed E-state index contributed by atoms with van der Waals surface area (Å²) in [5, 5.41) is 13.5. The Labute approximate surface area is 126 Å². The standard InChI is InChI=1S/C17H26N2O2/c1-3-12(2)14(18)16(21)19-11-17(9-10-17)15(20)13-7-5-4-6-8-13/h4-8,12,14-15,20H,3,9-11,18H2,1-2H3,(H,19,21). The van der Waals surface area contributed by atoms with Crippen molar-refractivity contribution < 1.29 is 9.90 Å². The van der Waals surface area contributed by atoms with E-state index >= 15 is 0 Å². The second kappa shape index (κ2) is 6.58. The Morgan fingerprint density at radius 1 is 1.38 bits per heavy atom. The van der Waals surface area contributed by atoms with Crippen molar-refractivity contribution in [3.63, 3.8) is 0 Å². The molecule has 21 heavy (non-hydrogen) atoms. The second-order valence-corrected chi connectivity index (χ2v) is 6.30. The molecule has 1 aliphatic rings. The number of carbonyl (C=O) groups excluding carboxylic acids is 1. The summed E-state index contributed by atoms with van der Waals surface area (Å²) in [6, 6.07) is 9.16. The predicted molar refractivity (Wildman–Crippen MR) is 83.5 cm³/mol. The molecule has 4 N–H and O–H groups in total. The van der Waals surface area contributed by atoms with Gasteiger partial charge in [0.05, 0.1) is 12.1 Å². The average molecular weight is 290 g/mol. The largest absolute Gasteiger partial charge is 0.388 e. The summed E-state index contributed by atoms with van der Waals surface area (Å²) >= 11 is 0. The maximum absolute atomic E-state index is 12.1. The van der Waals surface area contributed by atoms with Crippen LogP contribution in [0.15, 0.2) is 30.3 Å². The molecule has 2 rings (SSSR count). The minimum atomic E-state index is -0.529. The number of aliphatic hydroxyl groups is 1. The summed E-state index contributed by atoms with van der Waals surface area (Å²) in [7, 11) is 0. The highest BCUT2D eigenvalue weighted by atomic mass is 16.3. The van der Waals surface area contributed by atoms with E-state index in [1.54, 1.807) is 0 Å². The van der Waals surface area contributed by atoms with Gasteiger partial charge in [-0.1, -0.05) is 50.6 Å². The van der Waals surface area contributed by atoms with Gasteiger partial charge < -0.3 is 16.2 Å². The fourth-order valence-corrected chi connectivity index (χ4v) is 2.59. The van der Waals surface area contributed by atoms with Gasteiger partial charge in [-0.2, -0.15) is 0 Å². The van der Waals surface area contributed by atoms with Crippen LogP contribution in [-0.4, -0.2) is 23.6 Å². The Hall–Kier alpha value is -1.39. The molecule has 1 aromatic rings. The normalized spacial score (nSPS) is 20.4. The number of hydrogen-bond donors (Lipinski definition) is 3. The van der Waals surface area contributed by atoms with Gasteiger partial charge in [0.25, 0.3) is 0 Å². The van der Waals surface area contributed by atoms with Crippen LogP contribution in [0.1, 0.15) is 44.8 Å². The van der Waals surface area contributed by atoms with E-state index in [9.17, 15) is 9.90 Å². The topological polar surface area (TPSA) is 75.4 Å². The zero-order chi connectivity index (χ0) is 15.5. The van der Waals surface area contributed by atoms with Crippen LogP contribution < -0.4 is 11.1 Å². The van der Waals surface area contributed by atoms with Crippen LogP contribution in [0.4, 0.5) is 0 Å². The predicted octanol–water partition coefficient (Wildman–Crippen LogP) is 1.99. The molecule has 1 amide bonds. The highest BCUT2D eigenvalue weighted by molar-refractivity contribution is 5.81. The van der Waals surface area contributed by atoms with Gasteiger partial charge in [-0.25, -0.2) is 0 Å². The van der Waals surface area contributed by atoms with E-state index < -0.39 is 12.1 Å². The molecule has 1 aromatic carbocycles. The van der Waals surface area contributed by atoms with Crippen molar-refractivity contribution in [3.05, 3.63) is 35.9 Å². The third-order valence-corrected chi connectivity index (χ3v) is 4.76. The van der Waals surface area contributed by atoms with Crippen molar-refractivity contribution in [2.45, 2.75) is 45.3 Å². The smallest absolute Gasteiger partial charge is 0.237 e. The summed E-state index contributed by atoms with van der Waals surface area (Å²) in [5.74, 6) is 0.0510. The van der Waals surface area contributed by atoms with E-state index in [1.165, 1.54) is 0 Å². The second-order valence-electron chi connectivity index (χ2n) is 6.30. The summed E-state index contributed by atoms with van der Waals surface area (Å²) in [5.41, 5.74) is 6.63. The van der Waals surface area contributed by atoms with Crippen molar-refractivity contribution in [2.75, 3.05) is 6.54 Å². The highest BCUT2D eigenvalue weighted by Crippen LogP contribution is 2.54. The van der Waals surface area contributed by atoms with Gasteiger partial charge >= 0.3 is 0 Å². The van der Waals surface area contributed by atoms with Crippen LogP contribution in [0, 0.1) is 11.3 Å². The first-order valence-corrected chi connectivity index (χ1v) is 7.76. The molecule has 0 saturated heterocycles. The minimum Gasteiger partial charge on any atom is -0.388 e. The van der Waals surface area contributed by atoms with Crippen LogP contribution in [0.25, 0.3) is 0 Å². The molecule has 0 radical (unpaired) electrons. The summed E-state index contributed by atoms with van der Waals surface area (Å²) < 4.78 is 0. The quantitative estimate of drug-likeness (QED) is 0.719. The molecule has 0 aromatic heterocycles. The summed E-state index contributed by atoms with van der Waals surface area (Å²) in [6.07, 6.45) is 2.22. The molecule has 0 aliphatic heterocycles. The molecule has 1 fully saturated rings. The van der Waals surface area contributed by atoms with Crippen LogP contribution in [0.2, 0.25) is 0 Å². The van der Waals surface area contributed by atoms with E-state index in [1.807, 2.05) is 44.2 Å². The number of amides is 1. The number of nitrogens with two attached hydrogens (primary N) is 1. The number of benzene rings is 1. The fourth-order valence-electron chi connectivity index (χ4n) is 2.59. The highest BCUT2D eigenvalue weighted by Gasteiger charge is 2.49. The molecule has 116 valence electrons. The van der Waals surface area contributed by atoms with Crippen molar-refractivity contribution in [3.8, 4) is 0 Å². The van der Waals surface area contributed by atoms with E-state index in [0.29, 0.717) is 6.54 Å². The maximum atomic E-state index is 12.1. The molecule has 1 aliphatic carbocycles. The first-order chi connectivity index (χ1) is 10.00. The van der Waals surface area contributed by atoms with E-state index in [2.05, 4.69) is 5.32 Å². The Morgan fingerprint density at radius 2 is 2.00 bits per heavy atom. The molecule has 3 atom stereocenters. The number of hydrogen-bond acceptors (Lipinski definition) is 3. The third-order valence-electron chi connectivity index (χ3n) is 4.76. The SMILES string of the molecule is CCC(C)C(N)C(=O)NCC1(C(O)c2ccccc2)CC1. The van der Waals surface area contributed by atoms with E-state index in [-0.39, 0.29) is 17.2 Å². The van der Waals surface area contributed by atoms with Gasteiger partial charge in [0, 0.05) is 12.0 Å². The third kappa shape index (κ3) is 3.63. The molecule has 4 heteroatoms. The molecule has 4 nitrogen and oxygen atoms in total. The molecular formula is C17H26N2O2. The lowest BCUT2D eigenvalue weighted by atomic mass is 9.92. The molecular weight excluding hydrogens is 264 g/mol. The molecule has 0 bridgehead atoms. The number of nitrogens with one attached hydrogen (secondary N) is 1. The van der Waals surface area contributed by atoms with Gasteiger partial charge in [-0.05, 0) is 24.3 Å². The van der Waals surface area contributed by atoms with Gasteiger partial charge in [-0.15, -0.1) is 0 Å². The minimum absolute atomic E-state index is 0.115. The monoisotopic (exact) mass is 290 g/mol. The van der Waals surface area contributed by atoms with Gasteiger partial charge in [-0.3, -0.25) is 4.79 Å². The van der Waals surface area contributed by atoms with Crippen LogP contribution in [0.5, 0.6) is 0 Å². The first kappa shape index (κ1) is 16.0. The Balaban J connectivity index is 1.92. The zero-order valence-electron chi connectivity index (χ0n) is 12.9. The van der Waals surface area contributed by atoms with E-state index in [4.69, 9.17) is 5.73 Å². The molecule has 3 unspecified atom stereocenters. The summed E-state index contributed by atoms with van der Waals surface area (Å²) in [4.78, 5) is 12.1. The number of rotatable bonds is 7. The van der Waals surface area contributed by atoms with Crippen molar-refractivity contribution in [1.29, 1.82) is 0 Å². The molecule has 0 spiro atoms. The van der Waals surface area contributed by atoms with Crippen LogP contribution in [-0.2, 0) is 4.79 Å². The van der Waals surface area contributed by atoms with Crippen LogP contribution >= 0.6 is 0 Å². The lowest BCUT2D eigenvalue weighted by Gasteiger charge is -2.25. The average Bonchev–Trinajstić information content (AvgIpc) is 3.32. The van der Waals surface area contributed by atoms with Crippen molar-refractivity contribution >= 4 is 5.91 Å². The molecule has 1 saturated carbocycles.